The van der Waals surface area contributed by atoms with Crippen molar-refractivity contribution in [3.8, 4) is 0 Å². The van der Waals surface area contributed by atoms with Gasteiger partial charge in [0.15, 0.2) is 0 Å². The monoisotopic (exact) mass is 298 g/mol. The minimum absolute atomic E-state index is 0.190. The summed E-state index contributed by atoms with van der Waals surface area (Å²) in [5.41, 5.74) is 1.43. The predicted molar refractivity (Wildman–Crippen MR) is 87.7 cm³/mol. The molecule has 3 nitrogen and oxygen atoms in total. The van der Waals surface area contributed by atoms with E-state index < -0.39 is 0 Å². The third kappa shape index (κ3) is 2.26. The molecule has 1 aromatic rings. The van der Waals surface area contributed by atoms with Gasteiger partial charge in [-0.1, -0.05) is 32.0 Å². The highest BCUT2D eigenvalue weighted by atomic mass is 16.2. The van der Waals surface area contributed by atoms with Gasteiger partial charge >= 0.3 is 0 Å². The summed E-state index contributed by atoms with van der Waals surface area (Å²) in [4.78, 5) is 17.1. The van der Waals surface area contributed by atoms with E-state index in [-0.39, 0.29) is 5.91 Å². The highest BCUT2D eigenvalue weighted by molar-refractivity contribution is 5.94. The third-order valence-electron chi connectivity index (χ3n) is 6.48. The van der Waals surface area contributed by atoms with Gasteiger partial charge in [-0.15, -0.1) is 0 Å². The molecule has 22 heavy (non-hydrogen) atoms. The van der Waals surface area contributed by atoms with Crippen molar-refractivity contribution in [2.45, 2.75) is 32.7 Å². The van der Waals surface area contributed by atoms with Crippen molar-refractivity contribution in [3.63, 3.8) is 0 Å². The van der Waals surface area contributed by atoms with Crippen LogP contribution in [-0.2, 0) is 0 Å². The average Bonchev–Trinajstić information content (AvgIpc) is 2.93. The fourth-order valence-electron chi connectivity index (χ4n) is 4.83. The van der Waals surface area contributed by atoms with Crippen LogP contribution in [0.5, 0.6) is 0 Å². The molecule has 1 amide bonds. The first kappa shape index (κ1) is 14.3. The van der Waals surface area contributed by atoms with Gasteiger partial charge in [-0.3, -0.25) is 9.69 Å². The highest BCUT2D eigenvalue weighted by Gasteiger charge is 2.62. The lowest BCUT2D eigenvalue weighted by atomic mass is 9.96. The Labute approximate surface area is 133 Å². The smallest absolute Gasteiger partial charge is 0.253 e. The van der Waals surface area contributed by atoms with Crippen LogP contribution in [0, 0.1) is 17.3 Å². The second-order valence-electron chi connectivity index (χ2n) is 7.85. The van der Waals surface area contributed by atoms with Crippen LogP contribution in [0.25, 0.3) is 0 Å². The minimum Gasteiger partial charge on any atom is -0.336 e. The fraction of sp³-hybridized carbons (Fsp3) is 0.632. The van der Waals surface area contributed by atoms with Crippen LogP contribution in [0.2, 0.25) is 0 Å². The Balaban J connectivity index is 1.31. The number of carbonyl (C=O) groups is 1. The molecule has 0 spiro atoms. The van der Waals surface area contributed by atoms with Crippen molar-refractivity contribution >= 4 is 5.91 Å². The van der Waals surface area contributed by atoms with Gasteiger partial charge in [-0.25, -0.2) is 0 Å². The maximum atomic E-state index is 12.5. The van der Waals surface area contributed by atoms with Crippen molar-refractivity contribution in [3.05, 3.63) is 35.9 Å². The molecule has 1 aliphatic heterocycles. The summed E-state index contributed by atoms with van der Waals surface area (Å²) in [6.45, 7) is 8.70. The number of rotatable bonds is 2. The molecule has 1 aromatic carbocycles. The van der Waals surface area contributed by atoms with Crippen LogP contribution >= 0.6 is 0 Å². The van der Waals surface area contributed by atoms with E-state index in [4.69, 9.17) is 0 Å². The molecular formula is C19H26N2O. The second-order valence-corrected chi connectivity index (χ2v) is 7.85. The van der Waals surface area contributed by atoms with Crippen molar-refractivity contribution in [2.75, 3.05) is 26.2 Å². The Kier molecular flexibility index (Phi) is 3.30. The Morgan fingerprint density at radius 2 is 1.59 bits per heavy atom. The van der Waals surface area contributed by atoms with Crippen LogP contribution in [0.3, 0.4) is 0 Å². The molecule has 3 fully saturated rings. The second kappa shape index (κ2) is 5.09. The van der Waals surface area contributed by atoms with Crippen LogP contribution in [0.15, 0.2) is 30.3 Å². The SMILES string of the molecule is CC1(C)C2CC(N3CCN(C(=O)c4ccccc4)CC3)CC21. The summed E-state index contributed by atoms with van der Waals surface area (Å²) >= 11 is 0. The van der Waals surface area contributed by atoms with E-state index in [0.29, 0.717) is 5.41 Å². The molecule has 2 atom stereocenters. The van der Waals surface area contributed by atoms with Crippen molar-refractivity contribution < 1.29 is 4.79 Å². The summed E-state index contributed by atoms with van der Waals surface area (Å²) in [5, 5.41) is 0. The lowest BCUT2D eigenvalue weighted by Gasteiger charge is -2.39. The summed E-state index contributed by atoms with van der Waals surface area (Å²) in [7, 11) is 0. The van der Waals surface area contributed by atoms with Gasteiger partial charge in [0.25, 0.3) is 5.91 Å². The van der Waals surface area contributed by atoms with E-state index in [9.17, 15) is 4.79 Å². The predicted octanol–water partition coefficient (Wildman–Crippen LogP) is 2.88. The van der Waals surface area contributed by atoms with Gasteiger partial charge in [0.2, 0.25) is 0 Å². The third-order valence-corrected chi connectivity index (χ3v) is 6.48. The van der Waals surface area contributed by atoms with E-state index in [2.05, 4.69) is 18.7 Å². The minimum atomic E-state index is 0.190. The van der Waals surface area contributed by atoms with Crippen molar-refractivity contribution in [2.24, 2.45) is 17.3 Å². The molecule has 1 saturated heterocycles. The van der Waals surface area contributed by atoms with Gasteiger partial charge in [0.1, 0.15) is 0 Å². The van der Waals surface area contributed by atoms with Gasteiger partial charge < -0.3 is 4.90 Å². The Morgan fingerprint density at radius 1 is 1.00 bits per heavy atom. The van der Waals surface area contributed by atoms with E-state index in [1.807, 2.05) is 35.2 Å². The zero-order valence-corrected chi connectivity index (χ0v) is 13.7. The first-order valence-corrected chi connectivity index (χ1v) is 8.66. The topological polar surface area (TPSA) is 23.6 Å². The summed E-state index contributed by atoms with van der Waals surface area (Å²) in [6, 6.07) is 10.5. The lowest BCUT2D eigenvalue weighted by Crippen LogP contribution is -2.51. The molecule has 4 rings (SSSR count). The quantitative estimate of drug-likeness (QED) is 0.838. The molecule has 0 N–H and O–H groups in total. The number of piperazine rings is 1. The number of fused-ring (bicyclic) bond motifs is 1. The summed E-state index contributed by atoms with van der Waals surface area (Å²) in [6.07, 6.45) is 2.76. The van der Waals surface area contributed by atoms with Crippen LogP contribution < -0.4 is 0 Å². The van der Waals surface area contributed by atoms with Crippen LogP contribution in [0.1, 0.15) is 37.0 Å². The zero-order valence-electron chi connectivity index (χ0n) is 13.7. The number of hydrogen-bond acceptors (Lipinski definition) is 2. The number of carbonyl (C=O) groups excluding carboxylic acids is 1. The molecule has 118 valence electrons. The maximum absolute atomic E-state index is 12.5. The summed E-state index contributed by atoms with van der Waals surface area (Å²) in [5.74, 6) is 2.11. The molecule has 0 bridgehead atoms. The van der Waals surface area contributed by atoms with E-state index in [1.54, 1.807) is 0 Å². The largest absolute Gasteiger partial charge is 0.336 e. The normalized spacial score (nSPS) is 33.5. The Bertz CT molecular complexity index is 546. The number of nitrogens with zero attached hydrogens (tertiary/aromatic N) is 2. The zero-order chi connectivity index (χ0) is 15.3. The van der Waals surface area contributed by atoms with E-state index >= 15 is 0 Å². The molecule has 0 radical (unpaired) electrons. The summed E-state index contributed by atoms with van der Waals surface area (Å²) < 4.78 is 0. The first-order valence-electron chi connectivity index (χ1n) is 8.66. The highest BCUT2D eigenvalue weighted by Crippen LogP contribution is 2.67. The van der Waals surface area contributed by atoms with Gasteiger partial charge in [-0.05, 0) is 42.2 Å². The lowest BCUT2D eigenvalue weighted by molar-refractivity contribution is 0.0550. The van der Waals surface area contributed by atoms with E-state index in [1.165, 1.54) is 12.8 Å². The number of hydrogen-bond donors (Lipinski definition) is 0. The number of amides is 1. The Morgan fingerprint density at radius 3 is 2.18 bits per heavy atom. The van der Waals surface area contributed by atoms with Gasteiger partial charge in [0, 0.05) is 37.8 Å². The van der Waals surface area contributed by atoms with Gasteiger partial charge in [-0.2, -0.15) is 0 Å². The van der Waals surface area contributed by atoms with E-state index in [0.717, 1.165) is 49.6 Å². The van der Waals surface area contributed by atoms with Gasteiger partial charge in [0.05, 0.1) is 0 Å². The molecular weight excluding hydrogens is 272 g/mol. The molecule has 3 aliphatic rings. The molecule has 0 aromatic heterocycles. The first-order chi connectivity index (χ1) is 10.6. The van der Waals surface area contributed by atoms with Crippen LogP contribution in [0.4, 0.5) is 0 Å². The Hall–Kier alpha value is -1.35. The van der Waals surface area contributed by atoms with Crippen molar-refractivity contribution in [1.29, 1.82) is 0 Å². The molecule has 2 aliphatic carbocycles. The number of benzene rings is 1. The van der Waals surface area contributed by atoms with Crippen molar-refractivity contribution in [1.82, 2.24) is 9.80 Å². The standard InChI is InChI=1S/C19H26N2O/c1-19(2)16-12-15(13-17(16)19)20-8-10-21(11-9-20)18(22)14-6-4-3-5-7-14/h3-7,15-17H,8-13H2,1-2H3. The van der Waals surface area contributed by atoms with Crippen LogP contribution in [-0.4, -0.2) is 47.9 Å². The molecule has 2 saturated carbocycles. The average molecular weight is 298 g/mol. The maximum Gasteiger partial charge on any atom is 0.253 e. The molecule has 2 unspecified atom stereocenters. The fourth-order valence-corrected chi connectivity index (χ4v) is 4.83. The molecule has 3 heteroatoms. The molecule has 1 heterocycles.